The third-order valence-corrected chi connectivity index (χ3v) is 5.15. The van der Waals surface area contributed by atoms with E-state index in [1.54, 1.807) is 7.11 Å². The molecule has 0 atom stereocenters. The fraction of sp³-hybridized carbons (Fsp3) is 1.00. The van der Waals surface area contributed by atoms with E-state index in [0.717, 1.165) is 25.6 Å². The number of nitrogens with zero attached hydrogens (tertiary/aromatic N) is 1. The van der Waals surface area contributed by atoms with Gasteiger partial charge in [-0.15, -0.1) is 0 Å². The van der Waals surface area contributed by atoms with Crippen LogP contribution >= 0.6 is 0 Å². The lowest BCUT2D eigenvalue weighted by Crippen LogP contribution is -2.47. The average molecular weight is 299 g/mol. The average Bonchev–Trinajstić information content (AvgIpc) is 2.51. The Labute approximate surface area is 132 Å². The summed E-state index contributed by atoms with van der Waals surface area (Å²) in [6, 6.07) is 0. The Morgan fingerprint density at radius 2 is 1.95 bits per heavy atom. The predicted octanol–water partition coefficient (Wildman–Crippen LogP) is 3.54. The fourth-order valence-corrected chi connectivity index (χ4v) is 3.50. The van der Waals surface area contributed by atoms with Crippen LogP contribution in [0.5, 0.6) is 0 Å². The SMILES string of the molecule is CCCCN(CC)CC1(CNCCOC)CCC(C)CC1. The molecule has 1 N–H and O–H groups in total. The van der Waals surface area contributed by atoms with Crippen LogP contribution in [0.25, 0.3) is 0 Å². The van der Waals surface area contributed by atoms with Crippen molar-refractivity contribution in [2.75, 3.05) is 46.4 Å². The predicted molar refractivity (Wildman–Crippen MR) is 91.8 cm³/mol. The van der Waals surface area contributed by atoms with E-state index in [9.17, 15) is 0 Å². The van der Waals surface area contributed by atoms with Crippen molar-refractivity contribution in [2.24, 2.45) is 11.3 Å². The number of rotatable bonds is 11. The lowest BCUT2D eigenvalue weighted by atomic mass is 9.70. The lowest BCUT2D eigenvalue weighted by molar-refractivity contribution is 0.0854. The first-order chi connectivity index (χ1) is 10.2. The van der Waals surface area contributed by atoms with Crippen LogP contribution in [0.2, 0.25) is 0 Å². The number of hydrogen-bond donors (Lipinski definition) is 1. The molecule has 0 radical (unpaired) electrons. The standard InChI is InChI=1S/C18H38N2O/c1-5-7-13-20(6-2)16-18(15-19-12-14-21-4)10-8-17(3)9-11-18/h17,19H,5-16H2,1-4H3. The van der Waals surface area contributed by atoms with E-state index in [1.807, 2.05) is 0 Å². The molecule has 3 nitrogen and oxygen atoms in total. The second kappa shape index (κ2) is 10.6. The Morgan fingerprint density at radius 1 is 1.24 bits per heavy atom. The van der Waals surface area contributed by atoms with Crippen LogP contribution in [0.4, 0.5) is 0 Å². The Hall–Kier alpha value is -0.120. The minimum Gasteiger partial charge on any atom is -0.383 e. The van der Waals surface area contributed by atoms with Crippen LogP contribution in [0.1, 0.15) is 59.3 Å². The van der Waals surface area contributed by atoms with Crippen molar-refractivity contribution in [1.82, 2.24) is 10.2 Å². The zero-order chi connectivity index (χ0) is 15.6. The summed E-state index contributed by atoms with van der Waals surface area (Å²) < 4.78 is 5.16. The molecule has 0 aromatic heterocycles. The first-order valence-electron chi connectivity index (χ1n) is 9.07. The monoisotopic (exact) mass is 298 g/mol. The third kappa shape index (κ3) is 7.12. The molecule has 21 heavy (non-hydrogen) atoms. The van der Waals surface area contributed by atoms with Crippen LogP contribution in [0.3, 0.4) is 0 Å². The summed E-state index contributed by atoms with van der Waals surface area (Å²) in [7, 11) is 1.78. The van der Waals surface area contributed by atoms with Crippen LogP contribution in [0, 0.1) is 11.3 Å². The molecule has 0 bridgehead atoms. The van der Waals surface area contributed by atoms with E-state index >= 15 is 0 Å². The van der Waals surface area contributed by atoms with Crippen LogP contribution in [-0.4, -0.2) is 51.3 Å². The van der Waals surface area contributed by atoms with Gasteiger partial charge in [0.1, 0.15) is 0 Å². The van der Waals surface area contributed by atoms with Gasteiger partial charge >= 0.3 is 0 Å². The van der Waals surface area contributed by atoms with Crippen molar-refractivity contribution in [3.8, 4) is 0 Å². The lowest BCUT2D eigenvalue weighted by Gasteiger charge is -2.43. The Kier molecular flexibility index (Phi) is 9.54. The van der Waals surface area contributed by atoms with Gasteiger partial charge in [0.05, 0.1) is 6.61 Å². The maximum Gasteiger partial charge on any atom is 0.0587 e. The highest BCUT2D eigenvalue weighted by Crippen LogP contribution is 2.39. The summed E-state index contributed by atoms with van der Waals surface area (Å²) in [5.74, 6) is 0.919. The highest BCUT2D eigenvalue weighted by atomic mass is 16.5. The van der Waals surface area contributed by atoms with E-state index in [-0.39, 0.29) is 0 Å². The van der Waals surface area contributed by atoms with Crippen molar-refractivity contribution in [2.45, 2.75) is 59.3 Å². The maximum atomic E-state index is 5.16. The molecule has 126 valence electrons. The van der Waals surface area contributed by atoms with Crippen LogP contribution < -0.4 is 5.32 Å². The Morgan fingerprint density at radius 3 is 2.52 bits per heavy atom. The molecular formula is C18H38N2O. The Balaban J connectivity index is 2.53. The molecule has 1 aliphatic rings. The van der Waals surface area contributed by atoms with Crippen molar-refractivity contribution < 1.29 is 4.74 Å². The summed E-state index contributed by atoms with van der Waals surface area (Å²) in [5, 5.41) is 3.65. The molecule has 0 spiro atoms. The van der Waals surface area contributed by atoms with Gasteiger partial charge in [0.15, 0.2) is 0 Å². The fourth-order valence-electron chi connectivity index (χ4n) is 3.50. The van der Waals surface area contributed by atoms with Gasteiger partial charge in [0.25, 0.3) is 0 Å². The molecule has 0 aromatic rings. The first kappa shape index (κ1) is 18.9. The molecule has 0 saturated heterocycles. The van der Waals surface area contributed by atoms with Gasteiger partial charge in [-0.3, -0.25) is 0 Å². The van der Waals surface area contributed by atoms with Crippen molar-refractivity contribution in [1.29, 1.82) is 0 Å². The van der Waals surface area contributed by atoms with Gasteiger partial charge in [0, 0.05) is 26.7 Å². The van der Waals surface area contributed by atoms with Gasteiger partial charge in [-0.25, -0.2) is 0 Å². The number of hydrogen-bond acceptors (Lipinski definition) is 3. The van der Waals surface area contributed by atoms with Gasteiger partial charge < -0.3 is 15.0 Å². The van der Waals surface area contributed by atoms with E-state index in [4.69, 9.17) is 4.74 Å². The van der Waals surface area contributed by atoms with Crippen LogP contribution in [-0.2, 0) is 4.74 Å². The Bertz CT molecular complexity index is 250. The minimum atomic E-state index is 0.490. The second-order valence-corrected chi connectivity index (χ2v) is 7.07. The molecule has 1 saturated carbocycles. The minimum absolute atomic E-state index is 0.490. The molecule has 0 heterocycles. The van der Waals surface area contributed by atoms with E-state index < -0.39 is 0 Å². The molecule has 0 unspecified atom stereocenters. The first-order valence-corrected chi connectivity index (χ1v) is 9.07. The second-order valence-electron chi connectivity index (χ2n) is 7.07. The molecule has 0 aliphatic heterocycles. The molecule has 0 amide bonds. The zero-order valence-electron chi connectivity index (χ0n) is 14.9. The molecule has 1 fully saturated rings. The van der Waals surface area contributed by atoms with Crippen molar-refractivity contribution in [3.63, 3.8) is 0 Å². The highest BCUT2D eigenvalue weighted by molar-refractivity contribution is 4.89. The normalized spacial score (nSPS) is 26.4. The smallest absolute Gasteiger partial charge is 0.0587 e. The number of ether oxygens (including phenoxy) is 1. The zero-order valence-corrected chi connectivity index (χ0v) is 14.9. The molecule has 1 aliphatic carbocycles. The molecule has 0 aromatic carbocycles. The summed E-state index contributed by atoms with van der Waals surface area (Å²) in [4.78, 5) is 2.68. The topological polar surface area (TPSA) is 24.5 Å². The number of unbranched alkanes of at least 4 members (excludes halogenated alkanes) is 1. The quantitative estimate of drug-likeness (QED) is 0.591. The maximum absolute atomic E-state index is 5.16. The summed E-state index contributed by atoms with van der Waals surface area (Å²) in [6.07, 6.45) is 8.20. The van der Waals surface area contributed by atoms with E-state index in [1.165, 1.54) is 58.2 Å². The van der Waals surface area contributed by atoms with E-state index in [0.29, 0.717) is 5.41 Å². The number of methoxy groups -OCH3 is 1. The molecule has 3 heteroatoms. The largest absolute Gasteiger partial charge is 0.383 e. The molecule has 1 rings (SSSR count). The summed E-state index contributed by atoms with van der Waals surface area (Å²) in [5.41, 5.74) is 0.490. The summed E-state index contributed by atoms with van der Waals surface area (Å²) >= 11 is 0. The number of nitrogens with one attached hydrogen (secondary N) is 1. The van der Waals surface area contributed by atoms with Crippen molar-refractivity contribution >= 4 is 0 Å². The van der Waals surface area contributed by atoms with Crippen LogP contribution in [0.15, 0.2) is 0 Å². The summed E-state index contributed by atoms with van der Waals surface area (Å²) in [6.45, 7) is 13.7. The van der Waals surface area contributed by atoms with Gasteiger partial charge in [0.2, 0.25) is 0 Å². The van der Waals surface area contributed by atoms with Crippen molar-refractivity contribution in [3.05, 3.63) is 0 Å². The highest BCUT2D eigenvalue weighted by Gasteiger charge is 2.35. The van der Waals surface area contributed by atoms with Gasteiger partial charge in [-0.05, 0) is 43.7 Å². The van der Waals surface area contributed by atoms with Gasteiger partial charge in [-0.2, -0.15) is 0 Å². The third-order valence-electron chi connectivity index (χ3n) is 5.15. The van der Waals surface area contributed by atoms with Gasteiger partial charge in [-0.1, -0.05) is 40.0 Å². The molecular weight excluding hydrogens is 260 g/mol. The van der Waals surface area contributed by atoms with E-state index in [2.05, 4.69) is 31.0 Å².